The maximum absolute atomic E-state index is 13.1. The molecule has 0 radical (unpaired) electrons. The first-order chi connectivity index (χ1) is 10.1. The molecule has 3 N–H and O–H groups in total. The quantitative estimate of drug-likeness (QED) is 0.639. The lowest BCUT2D eigenvalue weighted by atomic mass is 9.98. The molecule has 2 aromatic carbocycles. The number of rotatable bonds is 5. The Balaban J connectivity index is 2.52. The highest BCUT2D eigenvalue weighted by molar-refractivity contribution is 9.10. The Kier molecular flexibility index (Phi) is 5.17. The number of ether oxygens (including phenoxy) is 2. The van der Waals surface area contributed by atoms with Gasteiger partial charge in [-0.1, -0.05) is 12.1 Å². The third-order valence-corrected chi connectivity index (χ3v) is 3.95. The molecule has 0 aliphatic rings. The Morgan fingerprint density at radius 1 is 1.10 bits per heavy atom. The maximum atomic E-state index is 13.1. The molecule has 1 unspecified atom stereocenters. The average Bonchev–Trinajstić information content (AvgIpc) is 2.50. The van der Waals surface area contributed by atoms with Gasteiger partial charge in [0.05, 0.1) is 20.3 Å². The van der Waals surface area contributed by atoms with E-state index in [4.69, 9.17) is 15.3 Å². The van der Waals surface area contributed by atoms with E-state index in [-0.39, 0.29) is 11.9 Å². The van der Waals surface area contributed by atoms with Crippen LogP contribution < -0.4 is 20.7 Å². The molecule has 6 heteroatoms. The summed E-state index contributed by atoms with van der Waals surface area (Å²) in [5.74, 6) is 6.65. The van der Waals surface area contributed by atoms with Crippen molar-refractivity contribution in [2.24, 2.45) is 5.84 Å². The zero-order valence-electron chi connectivity index (χ0n) is 11.7. The van der Waals surface area contributed by atoms with Gasteiger partial charge in [0, 0.05) is 5.56 Å². The Bertz CT molecular complexity index is 620. The van der Waals surface area contributed by atoms with Crippen molar-refractivity contribution in [1.82, 2.24) is 5.43 Å². The molecule has 1 atom stereocenters. The van der Waals surface area contributed by atoms with E-state index in [1.807, 2.05) is 12.1 Å². The van der Waals surface area contributed by atoms with Crippen LogP contribution in [-0.2, 0) is 0 Å². The molecule has 0 aromatic heterocycles. The highest BCUT2D eigenvalue weighted by Crippen LogP contribution is 2.41. The summed E-state index contributed by atoms with van der Waals surface area (Å²) in [6, 6.07) is 9.49. The zero-order valence-corrected chi connectivity index (χ0v) is 13.3. The Hall–Kier alpha value is -1.63. The van der Waals surface area contributed by atoms with E-state index >= 15 is 0 Å². The number of hydrogen-bond acceptors (Lipinski definition) is 4. The van der Waals surface area contributed by atoms with Crippen molar-refractivity contribution in [3.8, 4) is 11.5 Å². The predicted molar refractivity (Wildman–Crippen MR) is 82.8 cm³/mol. The van der Waals surface area contributed by atoms with Crippen molar-refractivity contribution >= 4 is 15.9 Å². The highest BCUT2D eigenvalue weighted by atomic mass is 79.9. The van der Waals surface area contributed by atoms with Crippen molar-refractivity contribution < 1.29 is 13.9 Å². The molecule has 0 saturated heterocycles. The molecule has 21 heavy (non-hydrogen) atoms. The molecular formula is C15H16BrFN2O2. The maximum Gasteiger partial charge on any atom is 0.141 e. The van der Waals surface area contributed by atoms with E-state index in [0.717, 1.165) is 11.1 Å². The molecule has 2 aromatic rings. The normalized spacial score (nSPS) is 12.0. The fourth-order valence-electron chi connectivity index (χ4n) is 2.17. The van der Waals surface area contributed by atoms with Gasteiger partial charge in [-0.05, 0) is 45.8 Å². The third-order valence-electron chi connectivity index (χ3n) is 3.20. The first-order valence-corrected chi connectivity index (χ1v) is 7.03. The van der Waals surface area contributed by atoms with Gasteiger partial charge in [-0.3, -0.25) is 5.84 Å². The molecule has 0 spiro atoms. The van der Waals surface area contributed by atoms with E-state index < -0.39 is 0 Å². The molecule has 0 bridgehead atoms. The van der Waals surface area contributed by atoms with Crippen LogP contribution in [0, 0.1) is 5.82 Å². The van der Waals surface area contributed by atoms with Gasteiger partial charge in [0.15, 0.2) is 0 Å². The standard InChI is InChI=1S/C15H16BrFN2O2/c1-20-12-8-7-11(15(21-2)13(12)16)14(19-18)9-3-5-10(17)6-4-9/h3-8,14,19H,18H2,1-2H3. The van der Waals surface area contributed by atoms with Gasteiger partial charge in [-0.2, -0.15) is 0 Å². The van der Waals surface area contributed by atoms with Gasteiger partial charge in [0.25, 0.3) is 0 Å². The minimum absolute atomic E-state index is 0.294. The summed E-state index contributed by atoms with van der Waals surface area (Å²) < 4.78 is 24.5. The second-order valence-corrected chi connectivity index (χ2v) is 5.15. The molecule has 112 valence electrons. The number of hydrazine groups is 1. The van der Waals surface area contributed by atoms with Crippen LogP contribution in [0.2, 0.25) is 0 Å². The summed E-state index contributed by atoms with van der Waals surface area (Å²) in [4.78, 5) is 0. The van der Waals surface area contributed by atoms with Gasteiger partial charge in [0.2, 0.25) is 0 Å². The molecule has 0 saturated carbocycles. The number of halogens is 2. The smallest absolute Gasteiger partial charge is 0.141 e. The van der Waals surface area contributed by atoms with Crippen molar-refractivity contribution in [3.63, 3.8) is 0 Å². The van der Waals surface area contributed by atoms with Crippen molar-refractivity contribution in [3.05, 3.63) is 57.8 Å². The van der Waals surface area contributed by atoms with Crippen molar-refractivity contribution in [2.75, 3.05) is 14.2 Å². The first-order valence-electron chi connectivity index (χ1n) is 6.24. The van der Waals surface area contributed by atoms with Gasteiger partial charge in [0.1, 0.15) is 21.8 Å². The number of nitrogens with one attached hydrogen (secondary N) is 1. The second-order valence-electron chi connectivity index (χ2n) is 4.36. The molecule has 0 amide bonds. The summed E-state index contributed by atoms with van der Waals surface area (Å²) in [7, 11) is 3.15. The third kappa shape index (κ3) is 3.18. The summed E-state index contributed by atoms with van der Waals surface area (Å²) in [5.41, 5.74) is 4.38. The van der Waals surface area contributed by atoms with Crippen LogP contribution in [0.25, 0.3) is 0 Å². The fraction of sp³-hybridized carbons (Fsp3) is 0.200. The summed E-state index contributed by atoms with van der Waals surface area (Å²) in [6.45, 7) is 0. The molecule has 0 fully saturated rings. The van der Waals surface area contributed by atoms with Crippen LogP contribution in [0.1, 0.15) is 17.2 Å². The number of nitrogens with two attached hydrogens (primary N) is 1. The van der Waals surface area contributed by atoms with Crippen LogP contribution in [0.4, 0.5) is 4.39 Å². The van der Waals surface area contributed by atoms with Crippen molar-refractivity contribution in [1.29, 1.82) is 0 Å². The second kappa shape index (κ2) is 6.89. The molecule has 4 nitrogen and oxygen atoms in total. The summed E-state index contributed by atoms with van der Waals surface area (Å²) >= 11 is 3.46. The monoisotopic (exact) mass is 354 g/mol. The van der Waals surface area contributed by atoms with Crippen molar-refractivity contribution in [2.45, 2.75) is 6.04 Å². The topological polar surface area (TPSA) is 56.5 Å². The lowest BCUT2D eigenvalue weighted by Crippen LogP contribution is -2.29. The Morgan fingerprint density at radius 2 is 1.76 bits per heavy atom. The van der Waals surface area contributed by atoms with E-state index in [1.54, 1.807) is 26.4 Å². The minimum Gasteiger partial charge on any atom is -0.495 e. The number of benzene rings is 2. The highest BCUT2D eigenvalue weighted by Gasteiger charge is 2.21. The Labute approximate surface area is 131 Å². The average molecular weight is 355 g/mol. The lowest BCUT2D eigenvalue weighted by molar-refractivity contribution is 0.383. The molecule has 0 aliphatic heterocycles. The van der Waals surface area contributed by atoms with Gasteiger partial charge in [-0.25, -0.2) is 9.82 Å². The van der Waals surface area contributed by atoms with Crippen LogP contribution in [-0.4, -0.2) is 14.2 Å². The van der Waals surface area contributed by atoms with Crippen LogP contribution in [0.5, 0.6) is 11.5 Å². The van der Waals surface area contributed by atoms with E-state index in [9.17, 15) is 4.39 Å². The molecule has 0 aliphatic carbocycles. The van der Waals surface area contributed by atoms with Gasteiger partial charge >= 0.3 is 0 Å². The van der Waals surface area contributed by atoms with Gasteiger partial charge < -0.3 is 9.47 Å². The first kappa shape index (κ1) is 15.8. The predicted octanol–water partition coefficient (Wildman–Crippen LogP) is 3.16. The van der Waals surface area contributed by atoms with Crippen LogP contribution in [0.15, 0.2) is 40.9 Å². The fourth-order valence-corrected chi connectivity index (χ4v) is 2.85. The van der Waals surface area contributed by atoms with E-state index in [1.165, 1.54) is 12.1 Å². The summed E-state index contributed by atoms with van der Waals surface area (Å²) in [5, 5.41) is 0. The zero-order chi connectivity index (χ0) is 15.4. The number of methoxy groups -OCH3 is 2. The largest absolute Gasteiger partial charge is 0.495 e. The Morgan fingerprint density at radius 3 is 2.29 bits per heavy atom. The van der Waals surface area contributed by atoms with E-state index in [0.29, 0.717) is 16.0 Å². The number of hydrogen-bond donors (Lipinski definition) is 2. The van der Waals surface area contributed by atoms with Crippen LogP contribution >= 0.6 is 15.9 Å². The van der Waals surface area contributed by atoms with Crippen LogP contribution in [0.3, 0.4) is 0 Å². The molecule has 2 rings (SSSR count). The summed E-state index contributed by atoms with van der Waals surface area (Å²) in [6.07, 6.45) is 0. The minimum atomic E-state index is -0.331. The van der Waals surface area contributed by atoms with E-state index in [2.05, 4.69) is 21.4 Å². The van der Waals surface area contributed by atoms with Gasteiger partial charge in [-0.15, -0.1) is 0 Å². The SMILES string of the molecule is COc1ccc(C(NN)c2ccc(F)cc2)c(OC)c1Br. The molecular weight excluding hydrogens is 339 g/mol. The lowest BCUT2D eigenvalue weighted by Gasteiger charge is -2.21. The molecule has 0 heterocycles.